The van der Waals surface area contributed by atoms with Crippen molar-refractivity contribution < 1.29 is 24.4 Å². The maximum atomic E-state index is 9.05. The molecule has 2 N–H and O–H groups in total. The number of benzene rings is 2. The van der Waals surface area contributed by atoms with E-state index in [0.29, 0.717) is 23.9 Å². The van der Waals surface area contributed by atoms with Crippen LogP contribution in [0, 0.1) is 0 Å². The molecule has 5 rings (SSSR count). The number of fused-ring (bicyclic) bond motifs is 2. The molecule has 0 atom stereocenters. The maximum absolute atomic E-state index is 9.05. The molecular formula is C24H26N4O5. The molecule has 2 aromatic heterocycles. The summed E-state index contributed by atoms with van der Waals surface area (Å²) in [6.07, 6.45) is 4.34. The molecule has 172 valence electrons. The van der Waals surface area contributed by atoms with Crippen molar-refractivity contribution in [3.8, 4) is 28.5 Å². The molecule has 0 unspecified atom stereocenters. The molecule has 4 aromatic rings. The van der Waals surface area contributed by atoms with Crippen LogP contribution in [0.3, 0.4) is 0 Å². The van der Waals surface area contributed by atoms with Gasteiger partial charge in [-0.3, -0.25) is 4.90 Å². The van der Waals surface area contributed by atoms with Crippen molar-refractivity contribution in [3.05, 3.63) is 42.9 Å². The Balaban J connectivity index is 1.42. The summed E-state index contributed by atoms with van der Waals surface area (Å²) in [5.41, 5.74) is 3.29. The van der Waals surface area contributed by atoms with E-state index in [-0.39, 0.29) is 0 Å². The van der Waals surface area contributed by atoms with Gasteiger partial charge in [0, 0.05) is 53.8 Å². The molecule has 0 aliphatic carbocycles. The Bertz CT molecular complexity index is 1250. The Hall–Kier alpha value is -3.40. The van der Waals surface area contributed by atoms with Gasteiger partial charge < -0.3 is 24.1 Å². The van der Waals surface area contributed by atoms with Gasteiger partial charge in [-0.15, -0.1) is 0 Å². The number of ether oxygens (including phenoxy) is 3. The predicted molar refractivity (Wildman–Crippen MR) is 124 cm³/mol. The highest BCUT2D eigenvalue weighted by Gasteiger charge is 2.16. The third-order valence-electron chi connectivity index (χ3n) is 5.91. The first-order valence-corrected chi connectivity index (χ1v) is 11.0. The minimum absolute atomic E-state index is 0.354. The summed E-state index contributed by atoms with van der Waals surface area (Å²) >= 11 is 0. The number of hydrogen-bond acceptors (Lipinski definition) is 8. The first-order valence-electron chi connectivity index (χ1n) is 11.0. The van der Waals surface area contributed by atoms with Crippen LogP contribution in [0.5, 0.6) is 17.2 Å². The Morgan fingerprint density at radius 1 is 1.09 bits per heavy atom. The average molecular weight is 450 g/mol. The Morgan fingerprint density at radius 3 is 2.79 bits per heavy atom. The number of hydrogen-bond donors (Lipinski definition) is 2. The molecule has 0 saturated carbocycles. The molecule has 33 heavy (non-hydrogen) atoms. The first kappa shape index (κ1) is 21.4. The number of morpholine rings is 1. The molecular weight excluding hydrogens is 424 g/mol. The summed E-state index contributed by atoms with van der Waals surface area (Å²) < 4.78 is 17.1. The van der Waals surface area contributed by atoms with Gasteiger partial charge in [-0.05, 0) is 30.7 Å². The Kier molecular flexibility index (Phi) is 6.25. The quantitative estimate of drug-likeness (QED) is 0.238. The highest BCUT2D eigenvalue weighted by atomic mass is 17.1. The fourth-order valence-electron chi connectivity index (χ4n) is 4.20. The van der Waals surface area contributed by atoms with Crippen LogP contribution in [0.15, 0.2) is 42.9 Å². The van der Waals surface area contributed by atoms with Gasteiger partial charge >= 0.3 is 0 Å². The molecule has 0 spiro atoms. The summed E-state index contributed by atoms with van der Waals surface area (Å²) in [5, 5.41) is 10.8. The van der Waals surface area contributed by atoms with Crippen LogP contribution in [0.2, 0.25) is 0 Å². The van der Waals surface area contributed by atoms with E-state index in [1.807, 2.05) is 24.4 Å². The molecule has 2 aromatic carbocycles. The molecule has 0 bridgehead atoms. The number of nitrogens with one attached hydrogen (secondary N) is 1. The SMILES string of the molecule is COc1cc2c(-c3c[nH]c4ccc(OO)cc34)ncnc2cc1OCCCN1CCOCC1. The predicted octanol–water partition coefficient (Wildman–Crippen LogP) is 3.74. The van der Waals surface area contributed by atoms with Crippen LogP contribution in [-0.2, 0) is 4.74 Å². The van der Waals surface area contributed by atoms with Crippen molar-refractivity contribution in [2.75, 3.05) is 46.6 Å². The maximum Gasteiger partial charge on any atom is 0.165 e. The summed E-state index contributed by atoms with van der Waals surface area (Å²) in [6, 6.07) is 9.10. The topological polar surface area (TPSA) is 102 Å². The lowest BCUT2D eigenvalue weighted by Crippen LogP contribution is -2.37. The highest BCUT2D eigenvalue weighted by molar-refractivity contribution is 6.03. The van der Waals surface area contributed by atoms with Crippen molar-refractivity contribution in [2.24, 2.45) is 0 Å². The molecule has 1 aliphatic rings. The van der Waals surface area contributed by atoms with E-state index in [9.17, 15) is 0 Å². The first-order chi connectivity index (χ1) is 16.3. The van der Waals surface area contributed by atoms with Crippen molar-refractivity contribution in [1.29, 1.82) is 0 Å². The molecule has 0 radical (unpaired) electrons. The minimum Gasteiger partial charge on any atom is -0.493 e. The monoisotopic (exact) mass is 450 g/mol. The van der Waals surface area contributed by atoms with E-state index in [1.54, 1.807) is 19.2 Å². The van der Waals surface area contributed by atoms with E-state index in [1.165, 1.54) is 6.33 Å². The molecule has 9 heteroatoms. The van der Waals surface area contributed by atoms with E-state index in [2.05, 4.69) is 24.7 Å². The zero-order chi connectivity index (χ0) is 22.6. The number of nitrogens with zero attached hydrogens (tertiary/aromatic N) is 3. The van der Waals surface area contributed by atoms with Crippen LogP contribution in [-0.4, -0.2) is 71.7 Å². The highest BCUT2D eigenvalue weighted by Crippen LogP contribution is 2.38. The van der Waals surface area contributed by atoms with Gasteiger partial charge in [-0.2, -0.15) is 0 Å². The molecule has 1 fully saturated rings. The second-order valence-corrected chi connectivity index (χ2v) is 7.90. The second kappa shape index (κ2) is 9.62. The standard InChI is InChI=1S/C24H26N4O5/c1-30-22-12-18-21(13-23(22)32-8-2-5-28-6-9-31-10-7-28)26-15-27-24(18)19-14-25-20-4-3-16(33-29)11-17(19)20/h3-4,11-15,25,29H,2,5-10H2,1H3. The van der Waals surface area contributed by atoms with Gasteiger partial charge in [0.05, 0.1) is 38.1 Å². The fraction of sp³-hybridized carbons (Fsp3) is 0.333. The normalized spacial score (nSPS) is 14.6. The number of aromatic amines is 1. The fourth-order valence-corrected chi connectivity index (χ4v) is 4.20. The summed E-state index contributed by atoms with van der Waals surface area (Å²) in [7, 11) is 1.63. The van der Waals surface area contributed by atoms with Crippen LogP contribution in [0.4, 0.5) is 0 Å². The minimum atomic E-state index is 0.354. The lowest BCUT2D eigenvalue weighted by molar-refractivity contribution is -0.137. The zero-order valence-corrected chi connectivity index (χ0v) is 18.4. The second-order valence-electron chi connectivity index (χ2n) is 7.90. The number of rotatable bonds is 8. The van der Waals surface area contributed by atoms with Crippen LogP contribution >= 0.6 is 0 Å². The third-order valence-corrected chi connectivity index (χ3v) is 5.91. The number of aromatic nitrogens is 3. The number of H-pyrrole nitrogens is 1. The van der Waals surface area contributed by atoms with Crippen LogP contribution in [0.1, 0.15) is 6.42 Å². The van der Waals surface area contributed by atoms with Gasteiger partial charge in [-0.25, -0.2) is 15.2 Å². The van der Waals surface area contributed by atoms with Gasteiger partial charge in [0.25, 0.3) is 0 Å². The summed E-state index contributed by atoms with van der Waals surface area (Å²) in [5.74, 6) is 1.64. The van der Waals surface area contributed by atoms with Crippen LogP contribution < -0.4 is 14.4 Å². The van der Waals surface area contributed by atoms with Gasteiger partial charge in [-0.1, -0.05) is 0 Å². The van der Waals surface area contributed by atoms with Crippen molar-refractivity contribution in [2.45, 2.75) is 6.42 Å². The zero-order valence-electron chi connectivity index (χ0n) is 18.4. The van der Waals surface area contributed by atoms with E-state index in [4.69, 9.17) is 19.5 Å². The Labute approximate surface area is 190 Å². The van der Waals surface area contributed by atoms with Crippen molar-refractivity contribution >= 4 is 21.8 Å². The third kappa shape index (κ3) is 4.43. The smallest absolute Gasteiger partial charge is 0.165 e. The summed E-state index contributed by atoms with van der Waals surface area (Å²) in [4.78, 5) is 19.0. The lowest BCUT2D eigenvalue weighted by Gasteiger charge is -2.26. The molecule has 1 saturated heterocycles. The number of methoxy groups -OCH3 is 1. The molecule has 0 amide bonds. The van der Waals surface area contributed by atoms with Crippen LogP contribution in [0.25, 0.3) is 33.1 Å². The summed E-state index contributed by atoms with van der Waals surface area (Å²) in [6.45, 7) is 5.10. The van der Waals surface area contributed by atoms with E-state index in [0.717, 1.165) is 72.3 Å². The molecule has 3 heterocycles. The van der Waals surface area contributed by atoms with Crippen molar-refractivity contribution in [3.63, 3.8) is 0 Å². The van der Waals surface area contributed by atoms with Gasteiger partial charge in [0.2, 0.25) is 0 Å². The molecule has 1 aliphatic heterocycles. The Morgan fingerprint density at radius 2 is 1.97 bits per heavy atom. The van der Waals surface area contributed by atoms with E-state index >= 15 is 0 Å². The van der Waals surface area contributed by atoms with Gasteiger partial charge in [0.1, 0.15) is 6.33 Å². The lowest BCUT2D eigenvalue weighted by atomic mass is 10.0. The largest absolute Gasteiger partial charge is 0.493 e. The van der Waals surface area contributed by atoms with E-state index < -0.39 is 0 Å². The molecule has 9 nitrogen and oxygen atoms in total. The van der Waals surface area contributed by atoms with Gasteiger partial charge in [0.15, 0.2) is 17.2 Å². The van der Waals surface area contributed by atoms with Crippen molar-refractivity contribution in [1.82, 2.24) is 19.9 Å². The average Bonchev–Trinajstić information content (AvgIpc) is 3.29.